The Morgan fingerprint density at radius 1 is 0.692 bits per heavy atom. The molecule has 80 valence electrons. The first-order chi connectivity index (χ1) is 5.54. The monoisotopic (exact) mass is 184 g/mol. The van der Waals surface area contributed by atoms with Crippen molar-refractivity contribution >= 4 is 0 Å². The van der Waals surface area contributed by atoms with Crippen molar-refractivity contribution in [3.05, 3.63) is 24.3 Å². The van der Waals surface area contributed by atoms with Gasteiger partial charge in [0.25, 0.3) is 0 Å². The fraction of sp³-hybridized carbons (Fsp3) is 0.692. The van der Waals surface area contributed by atoms with Crippen molar-refractivity contribution in [2.45, 2.75) is 49.0 Å². The maximum atomic E-state index is 2.17. The van der Waals surface area contributed by atoms with Crippen LogP contribution in [0.5, 0.6) is 0 Å². The molecule has 0 spiro atoms. The molecule has 0 aromatic carbocycles. The van der Waals surface area contributed by atoms with Gasteiger partial charge in [-0.15, -0.1) is 0 Å². The van der Waals surface area contributed by atoms with E-state index >= 15 is 0 Å². The third-order valence-corrected chi connectivity index (χ3v) is 1.15. The molecule has 13 heavy (non-hydrogen) atoms. The van der Waals surface area contributed by atoms with E-state index in [1.165, 1.54) is 0 Å². The highest BCUT2D eigenvalue weighted by Crippen LogP contribution is 1.91. The van der Waals surface area contributed by atoms with Gasteiger partial charge < -0.3 is 0 Å². The van der Waals surface area contributed by atoms with E-state index in [1.54, 1.807) is 0 Å². The van der Waals surface area contributed by atoms with Gasteiger partial charge in [-0.3, -0.25) is 0 Å². The summed E-state index contributed by atoms with van der Waals surface area (Å²) in [6, 6.07) is 0. The quantitative estimate of drug-likeness (QED) is 0.525. The molecule has 0 heterocycles. The summed E-state index contributed by atoms with van der Waals surface area (Å²) < 4.78 is 0. The van der Waals surface area contributed by atoms with Crippen LogP contribution < -0.4 is 0 Å². The minimum absolute atomic E-state index is 0. The summed E-state index contributed by atoms with van der Waals surface area (Å²) >= 11 is 0. The molecule has 0 aliphatic carbocycles. The summed E-state index contributed by atoms with van der Waals surface area (Å²) in [6.07, 6.45) is 8.48. The standard InChI is InChI=1S/2C6H12.CH4/c2*1-4-5-6(2)3;/h2*4-6H,1-3H3;1H4/b5-4+;5-4-;. The van der Waals surface area contributed by atoms with E-state index in [1.807, 2.05) is 13.8 Å². The van der Waals surface area contributed by atoms with Crippen molar-refractivity contribution in [1.29, 1.82) is 0 Å². The lowest BCUT2D eigenvalue weighted by Gasteiger charge is -1.86. The van der Waals surface area contributed by atoms with Crippen LogP contribution in [0.25, 0.3) is 0 Å². The van der Waals surface area contributed by atoms with Crippen LogP contribution in [0.3, 0.4) is 0 Å². The van der Waals surface area contributed by atoms with Crippen LogP contribution >= 0.6 is 0 Å². The van der Waals surface area contributed by atoms with Crippen LogP contribution in [0.2, 0.25) is 0 Å². The maximum absolute atomic E-state index is 2.17. The van der Waals surface area contributed by atoms with Crippen molar-refractivity contribution < 1.29 is 0 Å². The Hall–Kier alpha value is -0.520. The lowest BCUT2D eigenvalue weighted by atomic mass is 10.2. The number of hydrogen-bond donors (Lipinski definition) is 0. The van der Waals surface area contributed by atoms with Gasteiger partial charge in [-0.2, -0.15) is 0 Å². The second kappa shape index (κ2) is 14.0. The van der Waals surface area contributed by atoms with Gasteiger partial charge in [0.15, 0.2) is 0 Å². The van der Waals surface area contributed by atoms with Crippen LogP contribution in [0.1, 0.15) is 49.0 Å². The van der Waals surface area contributed by atoms with E-state index < -0.39 is 0 Å². The Morgan fingerprint density at radius 3 is 0.923 bits per heavy atom. The predicted molar refractivity (Wildman–Crippen MR) is 66.0 cm³/mol. The summed E-state index contributed by atoms with van der Waals surface area (Å²) in [7, 11) is 0. The first-order valence-corrected chi connectivity index (χ1v) is 4.80. The molecule has 0 saturated heterocycles. The molecular weight excluding hydrogens is 156 g/mol. The van der Waals surface area contributed by atoms with Gasteiger partial charge >= 0.3 is 0 Å². The van der Waals surface area contributed by atoms with Crippen LogP contribution in [-0.4, -0.2) is 0 Å². The topological polar surface area (TPSA) is 0 Å². The minimum atomic E-state index is 0. The van der Waals surface area contributed by atoms with Gasteiger partial charge in [0.05, 0.1) is 0 Å². The Balaban J connectivity index is -0.000000143. The molecule has 0 aliphatic rings. The van der Waals surface area contributed by atoms with Gasteiger partial charge in [0, 0.05) is 0 Å². The fourth-order valence-electron chi connectivity index (χ4n) is 0.770. The van der Waals surface area contributed by atoms with Crippen LogP contribution in [0.4, 0.5) is 0 Å². The Labute approximate surface area is 85.8 Å². The van der Waals surface area contributed by atoms with Gasteiger partial charge in [-0.25, -0.2) is 0 Å². The second-order valence-electron chi connectivity index (χ2n) is 3.54. The lowest BCUT2D eigenvalue weighted by Crippen LogP contribution is -1.73. The zero-order valence-electron chi connectivity index (χ0n) is 9.46. The molecule has 0 fully saturated rings. The molecule has 0 bridgehead atoms. The summed E-state index contributed by atoms with van der Waals surface area (Å²) in [5, 5.41) is 0. The van der Waals surface area contributed by atoms with E-state index in [-0.39, 0.29) is 7.43 Å². The number of hydrogen-bond acceptors (Lipinski definition) is 0. The zero-order valence-corrected chi connectivity index (χ0v) is 9.46. The molecule has 0 amide bonds. The smallest absolute Gasteiger partial charge is 0.0291 e. The third kappa shape index (κ3) is 34.4. The summed E-state index contributed by atoms with van der Waals surface area (Å²) in [6.45, 7) is 12.7. The van der Waals surface area contributed by atoms with Crippen LogP contribution in [0.15, 0.2) is 24.3 Å². The molecule has 0 nitrogen and oxygen atoms in total. The molecule has 0 aliphatic heterocycles. The Bertz CT molecular complexity index is 100. The normalized spacial score (nSPS) is 10.5. The van der Waals surface area contributed by atoms with Gasteiger partial charge in [-0.1, -0.05) is 59.4 Å². The second-order valence-corrected chi connectivity index (χ2v) is 3.54. The van der Waals surface area contributed by atoms with Crippen molar-refractivity contribution in [3.8, 4) is 0 Å². The van der Waals surface area contributed by atoms with E-state index in [9.17, 15) is 0 Å². The third-order valence-electron chi connectivity index (χ3n) is 1.15. The summed E-state index contributed by atoms with van der Waals surface area (Å²) in [5.41, 5.74) is 0. The molecule has 0 atom stereocenters. The predicted octanol–water partition coefficient (Wildman–Crippen LogP) is 5.07. The highest BCUT2D eigenvalue weighted by atomic mass is 13.8. The largest absolute Gasteiger partial charge is 0.0914 e. The van der Waals surface area contributed by atoms with Gasteiger partial charge in [-0.05, 0) is 25.7 Å². The van der Waals surface area contributed by atoms with Crippen molar-refractivity contribution in [3.63, 3.8) is 0 Å². The number of rotatable bonds is 2. The average Bonchev–Trinajstić information content (AvgIpc) is 1.87. The minimum Gasteiger partial charge on any atom is -0.0914 e. The Morgan fingerprint density at radius 2 is 0.923 bits per heavy atom. The maximum Gasteiger partial charge on any atom is -0.0291 e. The van der Waals surface area contributed by atoms with Crippen LogP contribution in [-0.2, 0) is 0 Å². The van der Waals surface area contributed by atoms with Crippen LogP contribution in [0, 0.1) is 11.8 Å². The average molecular weight is 184 g/mol. The molecule has 0 N–H and O–H groups in total. The molecule has 0 aromatic rings. The van der Waals surface area contributed by atoms with Crippen molar-refractivity contribution in [2.24, 2.45) is 11.8 Å². The number of allylic oxidation sites excluding steroid dienone is 4. The van der Waals surface area contributed by atoms with E-state index in [0.717, 1.165) is 11.8 Å². The van der Waals surface area contributed by atoms with Crippen molar-refractivity contribution in [2.75, 3.05) is 0 Å². The summed E-state index contributed by atoms with van der Waals surface area (Å²) in [5.74, 6) is 1.44. The summed E-state index contributed by atoms with van der Waals surface area (Å²) in [4.78, 5) is 0. The first-order valence-electron chi connectivity index (χ1n) is 4.80. The van der Waals surface area contributed by atoms with Gasteiger partial charge in [0.2, 0.25) is 0 Å². The zero-order chi connectivity index (χ0) is 9.98. The van der Waals surface area contributed by atoms with E-state index in [0.29, 0.717) is 0 Å². The molecular formula is C13H28. The molecule has 0 aromatic heterocycles. The Kier molecular flexibility index (Phi) is 19.8. The van der Waals surface area contributed by atoms with E-state index in [2.05, 4.69) is 52.0 Å². The lowest BCUT2D eigenvalue weighted by molar-refractivity contribution is 0.830. The molecule has 0 rings (SSSR count). The molecule has 0 heteroatoms. The SMILES string of the molecule is C.C/C=C/C(C)C.C/C=C\C(C)C. The molecule has 0 unspecified atom stereocenters. The first kappa shape index (κ1) is 18.3. The highest BCUT2D eigenvalue weighted by molar-refractivity contribution is 4.79. The highest BCUT2D eigenvalue weighted by Gasteiger charge is 1.76. The van der Waals surface area contributed by atoms with Gasteiger partial charge in [0.1, 0.15) is 0 Å². The molecule has 0 radical (unpaired) electrons. The molecule has 0 saturated carbocycles. The van der Waals surface area contributed by atoms with Crippen molar-refractivity contribution in [1.82, 2.24) is 0 Å². The fourth-order valence-corrected chi connectivity index (χ4v) is 0.770. The van der Waals surface area contributed by atoms with E-state index in [4.69, 9.17) is 0 Å².